The maximum atomic E-state index is 9.26. The minimum Gasteiger partial charge on any atom is -0.378 e. The summed E-state index contributed by atoms with van der Waals surface area (Å²) >= 11 is 6.05. The van der Waals surface area contributed by atoms with E-state index >= 15 is 0 Å². The van der Waals surface area contributed by atoms with Crippen molar-refractivity contribution in [2.45, 2.75) is 18.4 Å². The number of halogens is 1. The molecular weight excluding hydrogens is 224 g/mol. The van der Waals surface area contributed by atoms with Crippen LogP contribution < -0.4 is 5.32 Å². The van der Waals surface area contributed by atoms with Crippen LogP contribution in [0.5, 0.6) is 0 Å². The maximum absolute atomic E-state index is 9.26. The lowest BCUT2D eigenvalue weighted by atomic mass is 9.94. The second-order valence-corrected chi connectivity index (χ2v) is 4.36. The van der Waals surface area contributed by atoms with Gasteiger partial charge in [0.15, 0.2) is 0 Å². The summed E-state index contributed by atoms with van der Waals surface area (Å²) in [7, 11) is 0. The van der Waals surface area contributed by atoms with Crippen LogP contribution in [0.4, 0.5) is 5.69 Å². The number of benzene rings is 1. The van der Waals surface area contributed by atoms with E-state index < -0.39 is 5.54 Å². The third kappa shape index (κ3) is 2.29. The minimum absolute atomic E-state index is 0.411. The molecule has 0 spiro atoms. The van der Waals surface area contributed by atoms with Crippen molar-refractivity contribution in [2.75, 3.05) is 18.5 Å². The second-order valence-electron chi connectivity index (χ2n) is 3.95. The summed E-state index contributed by atoms with van der Waals surface area (Å²) in [6.07, 6.45) is 1.68. The van der Waals surface area contributed by atoms with Crippen LogP contribution in [0.3, 0.4) is 0 Å². The lowest BCUT2D eigenvalue weighted by Gasteiger charge is -2.32. The molecule has 1 fully saturated rings. The number of para-hydroxylation sites is 1. The molecule has 1 unspecified atom stereocenters. The molecule has 1 atom stereocenters. The number of ether oxygens (including phenoxy) is 1. The van der Waals surface area contributed by atoms with E-state index in [0.29, 0.717) is 11.6 Å². The highest BCUT2D eigenvalue weighted by atomic mass is 35.5. The number of hydrogen-bond acceptors (Lipinski definition) is 3. The van der Waals surface area contributed by atoms with Crippen LogP contribution in [0.1, 0.15) is 12.8 Å². The molecular formula is C12H13ClN2O. The van der Waals surface area contributed by atoms with E-state index in [-0.39, 0.29) is 0 Å². The zero-order valence-corrected chi connectivity index (χ0v) is 9.63. The zero-order valence-electron chi connectivity index (χ0n) is 8.87. The Bertz CT molecular complexity index is 408. The quantitative estimate of drug-likeness (QED) is 0.859. The Morgan fingerprint density at radius 2 is 2.25 bits per heavy atom. The Kier molecular flexibility index (Phi) is 3.33. The highest BCUT2D eigenvalue weighted by molar-refractivity contribution is 6.33. The van der Waals surface area contributed by atoms with Crippen molar-refractivity contribution in [1.82, 2.24) is 0 Å². The Morgan fingerprint density at radius 1 is 1.44 bits per heavy atom. The fraction of sp³-hybridized carbons (Fsp3) is 0.417. The van der Waals surface area contributed by atoms with Gasteiger partial charge in [0.1, 0.15) is 5.54 Å². The number of nitriles is 1. The summed E-state index contributed by atoms with van der Waals surface area (Å²) in [4.78, 5) is 0. The van der Waals surface area contributed by atoms with Gasteiger partial charge in [0.05, 0.1) is 23.4 Å². The van der Waals surface area contributed by atoms with Gasteiger partial charge in [-0.15, -0.1) is 0 Å². The van der Waals surface area contributed by atoms with Gasteiger partial charge in [-0.05, 0) is 25.0 Å². The number of nitrogens with zero attached hydrogens (tertiary/aromatic N) is 1. The van der Waals surface area contributed by atoms with E-state index in [1.807, 2.05) is 18.2 Å². The third-order valence-corrected chi connectivity index (χ3v) is 3.03. The van der Waals surface area contributed by atoms with E-state index in [4.69, 9.17) is 16.3 Å². The standard InChI is InChI=1S/C12H13ClN2O/c13-10-4-1-2-5-11(10)15-12(8-14)6-3-7-16-9-12/h1-2,4-5,15H,3,6-7,9H2. The maximum Gasteiger partial charge on any atom is 0.149 e. The van der Waals surface area contributed by atoms with E-state index in [1.165, 1.54) is 0 Å². The monoisotopic (exact) mass is 236 g/mol. The summed E-state index contributed by atoms with van der Waals surface area (Å²) in [6.45, 7) is 1.14. The van der Waals surface area contributed by atoms with E-state index in [2.05, 4.69) is 11.4 Å². The smallest absolute Gasteiger partial charge is 0.149 e. The topological polar surface area (TPSA) is 45.0 Å². The van der Waals surface area contributed by atoms with Gasteiger partial charge in [-0.3, -0.25) is 0 Å². The van der Waals surface area contributed by atoms with Crippen molar-refractivity contribution in [3.05, 3.63) is 29.3 Å². The Hall–Kier alpha value is -1.24. The third-order valence-electron chi connectivity index (χ3n) is 2.70. The summed E-state index contributed by atoms with van der Waals surface area (Å²) < 4.78 is 5.36. The molecule has 4 heteroatoms. The number of hydrogen-bond donors (Lipinski definition) is 1. The predicted octanol–water partition coefficient (Wildman–Crippen LogP) is 2.82. The van der Waals surface area contributed by atoms with Crippen LogP contribution in [0.2, 0.25) is 5.02 Å². The number of nitrogens with one attached hydrogen (secondary N) is 1. The van der Waals surface area contributed by atoms with Gasteiger partial charge < -0.3 is 10.1 Å². The molecule has 0 aromatic heterocycles. The normalized spacial score (nSPS) is 24.8. The highest BCUT2D eigenvalue weighted by Crippen LogP contribution is 2.28. The van der Waals surface area contributed by atoms with Crippen molar-refractivity contribution < 1.29 is 4.74 Å². The van der Waals surface area contributed by atoms with Gasteiger partial charge in [-0.2, -0.15) is 5.26 Å². The molecule has 0 amide bonds. The van der Waals surface area contributed by atoms with Gasteiger partial charge in [0, 0.05) is 6.61 Å². The summed E-state index contributed by atoms with van der Waals surface area (Å²) in [5, 5.41) is 13.1. The molecule has 1 aliphatic heterocycles. The van der Waals surface area contributed by atoms with Crippen molar-refractivity contribution in [2.24, 2.45) is 0 Å². The van der Waals surface area contributed by atoms with Crippen LogP contribution in [0, 0.1) is 11.3 Å². The second kappa shape index (κ2) is 4.73. The molecule has 1 heterocycles. The molecule has 16 heavy (non-hydrogen) atoms. The molecule has 84 valence electrons. The van der Waals surface area contributed by atoms with Crippen molar-refractivity contribution in [1.29, 1.82) is 5.26 Å². The predicted molar refractivity (Wildman–Crippen MR) is 63.5 cm³/mol. The molecule has 0 bridgehead atoms. The molecule has 1 N–H and O–H groups in total. The summed E-state index contributed by atoms with van der Waals surface area (Å²) in [5.74, 6) is 0. The van der Waals surface area contributed by atoms with Gasteiger partial charge >= 0.3 is 0 Å². The first-order valence-corrected chi connectivity index (χ1v) is 5.65. The van der Waals surface area contributed by atoms with Crippen LogP contribution in [-0.4, -0.2) is 18.8 Å². The fourth-order valence-corrected chi connectivity index (χ4v) is 2.01. The molecule has 1 aromatic rings. The van der Waals surface area contributed by atoms with E-state index in [0.717, 1.165) is 25.1 Å². The average Bonchev–Trinajstić information content (AvgIpc) is 2.33. The molecule has 1 aromatic carbocycles. The highest BCUT2D eigenvalue weighted by Gasteiger charge is 2.33. The Balaban J connectivity index is 2.19. The molecule has 0 saturated carbocycles. The fourth-order valence-electron chi connectivity index (χ4n) is 1.83. The zero-order chi connectivity index (χ0) is 11.4. The van der Waals surface area contributed by atoms with Crippen LogP contribution in [-0.2, 0) is 4.74 Å². The van der Waals surface area contributed by atoms with Gasteiger partial charge in [-0.25, -0.2) is 0 Å². The number of anilines is 1. The molecule has 0 radical (unpaired) electrons. The molecule has 3 nitrogen and oxygen atoms in total. The minimum atomic E-state index is -0.636. The van der Waals surface area contributed by atoms with Crippen LogP contribution in [0.15, 0.2) is 24.3 Å². The molecule has 1 saturated heterocycles. The summed E-state index contributed by atoms with van der Waals surface area (Å²) in [5.41, 5.74) is 0.152. The first-order chi connectivity index (χ1) is 7.76. The first kappa shape index (κ1) is 11.3. The van der Waals surface area contributed by atoms with Gasteiger partial charge in [0.25, 0.3) is 0 Å². The van der Waals surface area contributed by atoms with Crippen LogP contribution >= 0.6 is 11.6 Å². The van der Waals surface area contributed by atoms with Crippen LogP contribution in [0.25, 0.3) is 0 Å². The SMILES string of the molecule is N#CC1(Nc2ccccc2Cl)CCCOC1. The Morgan fingerprint density at radius 3 is 2.88 bits per heavy atom. The molecule has 2 rings (SSSR count). The van der Waals surface area contributed by atoms with Gasteiger partial charge in [0.2, 0.25) is 0 Å². The largest absolute Gasteiger partial charge is 0.378 e. The van der Waals surface area contributed by atoms with E-state index in [9.17, 15) is 5.26 Å². The van der Waals surface area contributed by atoms with Crippen molar-refractivity contribution >= 4 is 17.3 Å². The lowest BCUT2D eigenvalue weighted by molar-refractivity contribution is 0.0667. The lowest BCUT2D eigenvalue weighted by Crippen LogP contribution is -2.44. The van der Waals surface area contributed by atoms with Gasteiger partial charge in [-0.1, -0.05) is 23.7 Å². The average molecular weight is 237 g/mol. The number of rotatable bonds is 2. The Labute approximate surface area is 100.0 Å². The molecule has 1 aliphatic rings. The first-order valence-electron chi connectivity index (χ1n) is 5.27. The van der Waals surface area contributed by atoms with Crippen molar-refractivity contribution in [3.63, 3.8) is 0 Å². The van der Waals surface area contributed by atoms with Crippen molar-refractivity contribution in [3.8, 4) is 6.07 Å². The molecule has 0 aliphatic carbocycles. The summed E-state index contributed by atoms with van der Waals surface area (Å²) in [6, 6.07) is 9.73. The van der Waals surface area contributed by atoms with E-state index in [1.54, 1.807) is 6.07 Å².